The molecule has 0 radical (unpaired) electrons. The van der Waals surface area contributed by atoms with Gasteiger partial charge in [0.25, 0.3) is 5.91 Å². The van der Waals surface area contributed by atoms with E-state index in [0.29, 0.717) is 17.4 Å². The molecule has 4 nitrogen and oxygen atoms in total. The third-order valence-corrected chi connectivity index (χ3v) is 3.88. The van der Waals surface area contributed by atoms with Gasteiger partial charge in [-0.2, -0.15) is 0 Å². The largest absolute Gasteiger partial charge is 0.398 e. The summed E-state index contributed by atoms with van der Waals surface area (Å²) in [6.07, 6.45) is 3.66. The van der Waals surface area contributed by atoms with Crippen molar-refractivity contribution in [1.29, 1.82) is 0 Å². The smallest absolute Gasteiger partial charge is 0.253 e. The van der Waals surface area contributed by atoms with Crippen LogP contribution in [-0.4, -0.2) is 24.2 Å². The minimum Gasteiger partial charge on any atom is -0.398 e. The third-order valence-electron chi connectivity index (χ3n) is 3.88. The van der Waals surface area contributed by atoms with Crippen LogP contribution in [0.15, 0.2) is 18.2 Å². The number of nitrogens with one attached hydrogen (secondary N) is 1. The number of fused-ring (bicyclic) bond motifs is 2. The van der Waals surface area contributed by atoms with E-state index in [-0.39, 0.29) is 18.1 Å². The van der Waals surface area contributed by atoms with Gasteiger partial charge in [0.05, 0.1) is 23.8 Å². The van der Waals surface area contributed by atoms with Gasteiger partial charge in [-0.3, -0.25) is 4.79 Å². The third kappa shape index (κ3) is 1.97. The molecule has 0 saturated carbocycles. The second-order valence-electron chi connectivity index (χ2n) is 5.28. The quantitative estimate of drug-likeness (QED) is 0.779. The molecule has 2 fully saturated rings. The zero-order chi connectivity index (χ0) is 12.7. The molecular formula is C14H18N2O2. The van der Waals surface area contributed by atoms with E-state index < -0.39 is 0 Å². The van der Waals surface area contributed by atoms with Gasteiger partial charge < -0.3 is 15.8 Å². The van der Waals surface area contributed by atoms with Crippen LogP contribution in [0.4, 0.5) is 5.69 Å². The van der Waals surface area contributed by atoms with Gasteiger partial charge in [-0.25, -0.2) is 0 Å². The summed E-state index contributed by atoms with van der Waals surface area (Å²) in [7, 11) is 0. The van der Waals surface area contributed by atoms with Gasteiger partial charge in [-0.1, -0.05) is 11.6 Å². The monoisotopic (exact) mass is 246 g/mol. The zero-order valence-corrected chi connectivity index (χ0v) is 10.5. The van der Waals surface area contributed by atoms with Crippen molar-refractivity contribution in [2.45, 2.75) is 44.4 Å². The first kappa shape index (κ1) is 11.5. The van der Waals surface area contributed by atoms with Crippen molar-refractivity contribution in [3.05, 3.63) is 29.3 Å². The van der Waals surface area contributed by atoms with E-state index in [2.05, 4.69) is 5.32 Å². The number of carbonyl (C=O) groups is 1. The fourth-order valence-corrected chi connectivity index (χ4v) is 2.90. The molecule has 1 amide bonds. The van der Waals surface area contributed by atoms with E-state index in [4.69, 9.17) is 10.5 Å². The Morgan fingerprint density at radius 1 is 1.44 bits per heavy atom. The molecule has 0 aliphatic carbocycles. The van der Waals surface area contributed by atoms with Gasteiger partial charge in [-0.15, -0.1) is 0 Å². The Kier molecular flexibility index (Phi) is 2.74. The number of amides is 1. The van der Waals surface area contributed by atoms with Gasteiger partial charge in [0, 0.05) is 5.69 Å². The maximum Gasteiger partial charge on any atom is 0.253 e. The van der Waals surface area contributed by atoms with Gasteiger partial charge in [0.15, 0.2) is 0 Å². The lowest BCUT2D eigenvalue weighted by atomic mass is 9.95. The number of rotatable bonds is 2. The molecule has 3 atom stereocenters. The fraction of sp³-hybridized carbons (Fsp3) is 0.500. The minimum atomic E-state index is -0.0858. The number of hydrogen-bond donors (Lipinski definition) is 2. The van der Waals surface area contributed by atoms with E-state index in [1.807, 2.05) is 19.1 Å². The molecule has 1 aromatic carbocycles. The van der Waals surface area contributed by atoms with Crippen molar-refractivity contribution in [2.75, 3.05) is 5.73 Å². The number of anilines is 1. The van der Waals surface area contributed by atoms with Crippen LogP contribution in [0, 0.1) is 6.92 Å². The summed E-state index contributed by atoms with van der Waals surface area (Å²) >= 11 is 0. The van der Waals surface area contributed by atoms with Gasteiger partial charge in [0.1, 0.15) is 0 Å². The molecule has 2 heterocycles. The minimum absolute atomic E-state index is 0.0858. The highest BCUT2D eigenvalue weighted by atomic mass is 16.5. The Bertz CT molecular complexity index is 487. The number of carbonyl (C=O) groups excluding carboxylic acids is 1. The maximum absolute atomic E-state index is 12.2. The first-order valence-electron chi connectivity index (χ1n) is 6.46. The summed E-state index contributed by atoms with van der Waals surface area (Å²) in [5.41, 5.74) is 7.99. The highest BCUT2D eigenvalue weighted by Gasteiger charge is 2.41. The van der Waals surface area contributed by atoms with Crippen LogP contribution in [0.25, 0.3) is 0 Å². The van der Waals surface area contributed by atoms with Crippen molar-refractivity contribution >= 4 is 11.6 Å². The van der Waals surface area contributed by atoms with Crippen molar-refractivity contribution in [1.82, 2.24) is 5.32 Å². The summed E-state index contributed by atoms with van der Waals surface area (Å²) in [5, 5.41) is 3.05. The predicted molar refractivity (Wildman–Crippen MR) is 69.4 cm³/mol. The molecule has 3 N–H and O–H groups in total. The topological polar surface area (TPSA) is 64.4 Å². The molecule has 2 aliphatic heterocycles. The summed E-state index contributed by atoms with van der Waals surface area (Å²) in [6.45, 7) is 1.96. The lowest BCUT2D eigenvalue weighted by Gasteiger charge is -2.20. The summed E-state index contributed by atoms with van der Waals surface area (Å²) in [4.78, 5) is 12.2. The Morgan fingerprint density at radius 2 is 2.28 bits per heavy atom. The lowest BCUT2D eigenvalue weighted by molar-refractivity contribution is 0.0841. The van der Waals surface area contributed by atoms with Crippen molar-refractivity contribution in [3.63, 3.8) is 0 Å². The van der Waals surface area contributed by atoms with E-state index in [0.717, 1.165) is 24.8 Å². The zero-order valence-electron chi connectivity index (χ0n) is 10.5. The summed E-state index contributed by atoms with van der Waals surface area (Å²) in [6, 6.07) is 5.67. The highest BCUT2D eigenvalue weighted by molar-refractivity contribution is 5.99. The van der Waals surface area contributed by atoms with E-state index in [9.17, 15) is 4.79 Å². The van der Waals surface area contributed by atoms with E-state index in [1.54, 1.807) is 6.07 Å². The number of nitrogen functional groups attached to an aromatic ring is 1. The molecule has 1 aromatic rings. The Labute approximate surface area is 107 Å². The summed E-state index contributed by atoms with van der Waals surface area (Å²) in [5.74, 6) is -0.0858. The number of hydrogen-bond acceptors (Lipinski definition) is 3. The van der Waals surface area contributed by atoms with Crippen LogP contribution >= 0.6 is 0 Å². The van der Waals surface area contributed by atoms with Crippen LogP contribution in [0.3, 0.4) is 0 Å². The maximum atomic E-state index is 12.2. The number of nitrogens with two attached hydrogens (primary N) is 1. The number of benzene rings is 1. The first-order chi connectivity index (χ1) is 8.63. The van der Waals surface area contributed by atoms with Gasteiger partial charge >= 0.3 is 0 Å². The Balaban J connectivity index is 1.73. The molecule has 96 valence electrons. The molecule has 0 spiro atoms. The van der Waals surface area contributed by atoms with Crippen molar-refractivity contribution in [2.24, 2.45) is 0 Å². The molecule has 3 unspecified atom stereocenters. The van der Waals surface area contributed by atoms with E-state index >= 15 is 0 Å². The van der Waals surface area contributed by atoms with Crippen LogP contribution in [-0.2, 0) is 4.74 Å². The molecule has 18 heavy (non-hydrogen) atoms. The van der Waals surface area contributed by atoms with Gasteiger partial charge in [-0.05, 0) is 38.3 Å². The fourth-order valence-electron chi connectivity index (χ4n) is 2.90. The van der Waals surface area contributed by atoms with Crippen molar-refractivity contribution < 1.29 is 9.53 Å². The normalized spacial score (nSPS) is 29.5. The van der Waals surface area contributed by atoms with Gasteiger partial charge in [0.2, 0.25) is 0 Å². The first-order valence-corrected chi connectivity index (χ1v) is 6.46. The highest BCUT2D eigenvalue weighted by Crippen LogP contribution is 2.34. The number of aryl methyl sites for hydroxylation is 1. The SMILES string of the molecule is Cc1ccc(N)c(C(=O)NC2CC3CCC2O3)c1. The second-order valence-corrected chi connectivity index (χ2v) is 5.28. The average molecular weight is 246 g/mol. The van der Waals surface area contributed by atoms with Crippen LogP contribution in [0.5, 0.6) is 0 Å². The average Bonchev–Trinajstić information content (AvgIpc) is 2.94. The standard InChI is InChI=1S/C14H18N2O2/c1-8-2-4-11(15)10(6-8)14(17)16-12-7-9-3-5-13(12)18-9/h2,4,6,9,12-13H,3,5,7,15H2,1H3,(H,16,17). The molecular weight excluding hydrogens is 228 g/mol. The molecule has 4 heteroatoms. The second kappa shape index (κ2) is 4.28. The molecule has 3 rings (SSSR count). The molecule has 2 bridgehead atoms. The Hall–Kier alpha value is -1.55. The predicted octanol–water partition coefficient (Wildman–Crippen LogP) is 1.63. The summed E-state index contributed by atoms with van der Waals surface area (Å²) < 4.78 is 5.73. The Morgan fingerprint density at radius 3 is 2.94 bits per heavy atom. The number of ether oxygens (including phenoxy) is 1. The van der Waals surface area contributed by atoms with Crippen molar-refractivity contribution in [3.8, 4) is 0 Å². The molecule has 2 saturated heterocycles. The van der Waals surface area contributed by atoms with Crippen LogP contribution in [0.2, 0.25) is 0 Å². The van der Waals surface area contributed by atoms with Crippen LogP contribution in [0.1, 0.15) is 35.2 Å². The lowest BCUT2D eigenvalue weighted by Crippen LogP contribution is -2.41. The van der Waals surface area contributed by atoms with E-state index in [1.165, 1.54) is 0 Å². The van der Waals surface area contributed by atoms with Crippen LogP contribution < -0.4 is 11.1 Å². The molecule has 0 aromatic heterocycles. The molecule has 2 aliphatic rings.